The highest BCUT2D eigenvalue weighted by Crippen LogP contribution is 2.50. The molecular formula is C19H35O9P. The molecule has 0 aromatic heterocycles. The summed E-state index contributed by atoms with van der Waals surface area (Å²) in [5.41, 5.74) is 0. The molecule has 2 fully saturated rings. The van der Waals surface area contributed by atoms with Gasteiger partial charge in [0, 0.05) is 6.42 Å². The number of rotatable bonds is 10. The molecule has 0 bridgehead atoms. The molecule has 2 aliphatic rings. The first-order valence-electron chi connectivity index (χ1n) is 10.0. The summed E-state index contributed by atoms with van der Waals surface area (Å²) in [6, 6.07) is 0. The standard InChI is InChI=1S/C19H35O9P/c1-10(2)23-9-16-19(17(20)13(6)26-16)28-29(21,22)27-14(7)18-15(24-11(3)4)8-12(5)25-18/h10-13,15-20H,7-9H2,1-6H3,(H,21,22)/t12-,13-,15?,16+,17?,18+,19-/m0/s1. The lowest BCUT2D eigenvalue weighted by Gasteiger charge is -2.27. The van der Waals surface area contributed by atoms with E-state index in [9.17, 15) is 14.6 Å². The van der Waals surface area contributed by atoms with Crippen LogP contribution in [-0.4, -0.2) is 71.5 Å². The number of hydrogen-bond acceptors (Lipinski definition) is 8. The predicted molar refractivity (Wildman–Crippen MR) is 105 cm³/mol. The Balaban J connectivity index is 2.01. The minimum atomic E-state index is -4.61. The molecule has 10 heteroatoms. The van der Waals surface area contributed by atoms with Gasteiger partial charge in [-0.3, -0.25) is 9.42 Å². The molecule has 2 saturated heterocycles. The fraction of sp³-hybridized carbons (Fsp3) is 0.895. The van der Waals surface area contributed by atoms with Gasteiger partial charge in [-0.05, 0) is 41.5 Å². The van der Waals surface area contributed by atoms with E-state index >= 15 is 0 Å². The van der Waals surface area contributed by atoms with Gasteiger partial charge in [0.15, 0.2) is 0 Å². The van der Waals surface area contributed by atoms with Crippen molar-refractivity contribution in [1.29, 1.82) is 0 Å². The summed E-state index contributed by atoms with van der Waals surface area (Å²) in [7, 11) is -4.61. The second kappa shape index (κ2) is 10.2. The number of phosphoric acid groups is 1. The normalized spacial score (nSPS) is 37.2. The number of aliphatic hydroxyl groups is 1. The Labute approximate surface area is 172 Å². The third-order valence-electron chi connectivity index (χ3n) is 4.70. The molecule has 0 aliphatic carbocycles. The Bertz CT molecular complexity index is 596. The van der Waals surface area contributed by atoms with E-state index in [1.54, 1.807) is 6.92 Å². The highest BCUT2D eigenvalue weighted by Gasteiger charge is 2.48. The van der Waals surface area contributed by atoms with Crippen LogP contribution in [0.1, 0.15) is 48.0 Å². The van der Waals surface area contributed by atoms with E-state index in [1.807, 2.05) is 34.6 Å². The molecule has 0 spiro atoms. The van der Waals surface area contributed by atoms with Crippen LogP contribution in [0.2, 0.25) is 0 Å². The first-order valence-corrected chi connectivity index (χ1v) is 11.5. The Morgan fingerprint density at radius 3 is 2.45 bits per heavy atom. The summed E-state index contributed by atoms with van der Waals surface area (Å²) in [4.78, 5) is 10.3. The minimum absolute atomic E-state index is 0.0460. The summed E-state index contributed by atoms with van der Waals surface area (Å²) < 4.78 is 45.8. The van der Waals surface area contributed by atoms with Gasteiger partial charge < -0.3 is 28.6 Å². The van der Waals surface area contributed by atoms with Crippen molar-refractivity contribution < 1.29 is 42.6 Å². The molecule has 0 saturated carbocycles. The van der Waals surface area contributed by atoms with Crippen molar-refractivity contribution in [3.05, 3.63) is 12.3 Å². The minimum Gasteiger partial charge on any atom is -0.406 e. The van der Waals surface area contributed by atoms with Gasteiger partial charge in [0.05, 0.1) is 37.1 Å². The highest BCUT2D eigenvalue weighted by molar-refractivity contribution is 7.47. The molecule has 170 valence electrons. The van der Waals surface area contributed by atoms with Crippen molar-refractivity contribution in [2.24, 2.45) is 0 Å². The first-order chi connectivity index (χ1) is 13.4. The Morgan fingerprint density at radius 2 is 1.86 bits per heavy atom. The average molecular weight is 438 g/mol. The lowest BCUT2D eigenvalue weighted by molar-refractivity contribution is -0.0587. The molecule has 0 aromatic carbocycles. The topological polar surface area (TPSA) is 113 Å². The first kappa shape index (κ1) is 24.8. The third kappa shape index (κ3) is 7.01. The zero-order valence-electron chi connectivity index (χ0n) is 18.0. The molecule has 8 atom stereocenters. The molecule has 2 aliphatic heterocycles. The molecular weight excluding hydrogens is 403 g/mol. The second-order valence-electron chi connectivity index (χ2n) is 8.17. The SMILES string of the molecule is C=C(OP(=O)(O)O[C@@H]1C(O)[C@H](C)O[C@@H]1COC(C)C)[C@H]1O[C@@H](C)CC1OC(C)C. The van der Waals surface area contributed by atoms with E-state index in [-0.39, 0.29) is 36.8 Å². The van der Waals surface area contributed by atoms with E-state index < -0.39 is 38.3 Å². The molecule has 2 heterocycles. The highest BCUT2D eigenvalue weighted by atomic mass is 31.2. The maximum absolute atomic E-state index is 12.6. The maximum Gasteiger partial charge on any atom is 0.527 e. The maximum atomic E-state index is 12.6. The van der Waals surface area contributed by atoms with Crippen LogP contribution in [0.5, 0.6) is 0 Å². The predicted octanol–water partition coefficient (Wildman–Crippen LogP) is 2.55. The molecule has 29 heavy (non-hydrogen) atoms. The summed E-state index contributed by atoms with van der Waals surface area (Å²) >= 11 is 0. The molecule has 0 aromatic rings. The largest absolute Gasteiger partial charge is 0.527 e. The molecule has 2 N–H and O–H groups in total. The third-order valence-corrected chi connectivity index (χ3v) is 5.67. The Morgan fingerprint density at radius 1 is 1.21 bits per heavy atom. The summed E-state index contributed by atoms with van der Waals surface area (Å²) in [5, 5.41) is 10.3. The smallest absolute Gasteiger partial charge is 0.406 e. The number of ether oxygens (including phenoxy) is 4. The zero-order chi connectivity index (χ0) is 21.9. The van der Waals surface area contributed by atoms with Crippen LogP contribution in [0.25, 0.3) is 0 Å². The monoisotopic (exact) mass is 438 g/mol. The van der Waals surface area contributed by atoms with Gasteiger partial charge in [-0.15, -0.1) is 0 Å². The Hall–Kier alpha value is -0.510. The van der Waals surface area contributed by atoms with Crippen molar-refractivity contribution in [3.63, 3.8) is 0 Å². The van der Waals surface area contributed by atoms with Gasteiger partial charge in [-0.25, -0.2) is 4.57 Å². The lowest BCUT2D eigenvalue weighted by Crippen LogP contribution is -2.37. The van der Waals surface area contributed by atoms with Crippen LogP contribution >= 0.6 is 7.82 Å². The number of phosphoric ester groups is 1. The van der Waals surface area contributed by atoms with Crippen LogP contribution in [0, 0.1) is 0 Å². The number of aliphatic hydroxyl groups excluding tert-OH is 1. The van der Waals surface area contributed by atoms with Gasteiger partial charge in [-0.1, -0.05) is 6.58 Å². The molecule has 0 radical (unpaired) electrons. The summed E-state index contributed by atoms with van der Waals surface area (Å²) in [6.07, 6.45) is -4.11. The van der Waals surface area contributed by atoms with Gasteiger partial charge in [0.2, 0.25) is 0 Å². The summed E-state index contributed by atoms with van der Waals surface area (Å²) in [5.74, 6) is -0.0535. The number of hydrogen-bond donors (Lipinski definition) is 2. The van der Waals surface area contributed by atoms with Crippen molar-refractivity contribution in [1.82, 2.24) is 0 Å². The molecule has 2 rings (SSSR count). The van der Waals surface area contributed by atoms with Gasteiger partial charge in [0.1, 0.15) is 30.2 Å². The summed E-state index contributed by atoms with van der Waals surface area (Å²) in [6.45, 7) is 14.9. The van der Waals surface area contributed by atoms with Crippen molar-refractivity contribution in [2.45, 2.75) is 103 Å². The van der Waals surface area contributed by atoms with E-state index in [2.05, 4.69) is 6.58 Å². The molecule has 0 amide bonds. The van der Waals surface area contributed by atoms with Crippen LogP contribution in [-0.2, 0) is 32.6 Å². The fourth-order valence-corrected chi connectivity index (χ4v) is 4.46. The van der Waals surface area contributed by atoms with E-state index in [0.29, 0.717) is 6.42 Å². The van der Waals surface area contributed by atoms with Crippen LogP contribution in [0.15, 0.2) is 12.3 Å². The van der Waals surface area contributed by atoms with Crippen LogP contribution in [0.3, 0.4) is 0 Å². The van der Waals surface area contributed by atoms with Crippen molar-refractivity contribution in [2.75, 3.05) is 6.61 Å². The van der Waals surface area contributed by atoms with Crippen molar-refractivity contribution >= 4 is 7.82 Å². The fourth-order valence-electron chi connectivity index (χ4n) is 3.45. The van der Waals surface area contributed by atoms with Gasteiger partial charge >= 0.3 is 7.82 Å². The average Bonchev–Trinajstić information content (AvgIpc) is 3.06. The molecule has 9 nitrogen and oxygen atoms in total. The van der Waals surface area contributed by atoms with Gasteiger partial charge in [0.25, 0.3) is 0 Å². The van der Waals surface area contributed by atoms with E-state index in [1.165, 1.54) is 0 Å². The van der Waals surface area contributed by atoms with Crippen molar-refractivity contribution in [3.8, 4) is 0 Å². The lowest BCUT2D eigenvalue weighted by atomic mass is 10.1. The van der Waals surface area contributed by atoms with E-state index in [4.69, 9.17) is 28.0 Å². The van der Waals surface area contributed by atoms with Gasteiger partial charge in [-0.2, -0.15) is 0 Å². The molecule has 3 unspecified atom stereocenters. The zero-order valence-corrected chi connectivity index (χ0v) is 18.9. The van der Waals surface area contributed by atoms with E-state index in [0.717, 1.165) is 0 Å². The van der Waals surface area contributed by atoms with Crippen LogP contribution < -0.4 is 0 Å². The van der Waals surface area contributed by atoms with Crippen LogP contribution in [0.4, 0.5) is 0 Å². The quantitative estimate of drug-likeness (QED) is 0.392. The second-order valence-corrected chi connectivity index (χ2v) is 9.51. The Kier molecular flexibility index (Phi) is 8.71.